The summed E-state index contributed by atoms with van der Waals surface area (Å²) >= 11 is 0. The first-order chi connectivity index (χ1) is 8.75. The monoisotopic (exact) mass is 242 g/mol. The highest BCUT2D eigenvalue weighted by molar-refractivity contribution is 5.64. The Morgan fingerprint density at radius 1 is 1.00 bits per heavy atom. The lowest BCUT2D eigenvalue weighted by atomic mass is 10.2. The number of benzene rings is 2. The molecule has 0 aliphatic carbocycles. The lowest BCUT2D eigenvalue weighted by Gasteiger charge is -2.07. The van der Waals surface area contributed by atoms with Crippen LogP contribution in [-0.2, 0) is 11.3 Å². The molecule has 18 heavy (non-hydrogen) atoms. The van der Waals surface area contributed by atoms with Crippen LogP contribution < -0.4 is 4.74 Å². The smallest absolute Gasteiger partial charge is 0.429 e. The van der Waals surface area contributed by atoms with Gasteiger partial charge in [-0.15, -0.1) is 0 Å². The van der Waals surface area contributed by atoms with E-state index in [1.165, 1.54) is 0 Å². The van der Waals surface area contributed by atoms with Crippen LogP contribution in [0.25, 0.3) is 0 Å². The van der Waals surface area contributed by atoms with Gasteiger partial charge in [0, 0.05) is 0 Å². The molecule has 0 radical (unpaired) electrons. The minimum atomic E-state index is -0.687. The molecular formula is C15H14O3. The molecule has 2 aromatic carbocycles. The Morgan fingerprint density at radius 2 is 1.67 bits per heavy atom. The molecular weight excluding hydrogens is 228 g/mol. The van der Waals surface area contributed by atoms with Crippen LogP contribution in [0.3, 0.4) is 0 Å². The SMILES string of the molecule is Cc1ccccc1OC(=O)OCc1ccccc1. The predicted molar refractivity (Wildman–Crippen MR) is 68.4 cm³/mol. The van der Waals surface area contributed by atoms with Crippen molar-refractivity contribution < 1.29 is 14.3 Å². The van der Waals surface area contributed by atoms with Crippen molar-refractivity contribution in [1.82, 2.24) is 0 Å². The molecule has 0 atom stereocenters. The van der Waals surface area contributed by atoms with Gasteiger partial charge in [0.2, 0.25) is 0 Å². The van der Waals surface area contributed by atoms with E-state index in [9.17, 15) is 4.79 Å². The standard InChI is InChI=1S/C15H14O3/c1-12-7-5-6-10-14(12)18-15(16)17-11-13-8-3-2-4-9-13/h2-10H,11H2,1H3. The molecule has 0 saturated heterocycles. The van der Waals surface area contributed by atoms with Gasteiger partial charge in [-0.2, -0.15) is 0 Å². The van der Waals surface area contributed by atoms with Crippen LogP contribution in [0.5, 0.6) is 5.75 Å². The second-order valence-electron chi connectivity index (χ2n) is 3.89. The zero-order chi connectivity index (χ0) is 12.8. The van der Waals surface area contributed by atoms with Crippen LogP contribution in [-0.4, -0.2) is 6.16 Å². The molecule has 0 amide bonds. The lowest BCUT2D eigenvalue weighted by molar-refractivity contribution is 0.0925. The van der Waals surface area contributed by atoms with E-state index in [2.05, 4.69) is 0 Å². The molecule has 0 aliphatic rings. The molecule has 0 bridgehead atoms. The molecule has 2 rings (SSSR count). The minimum Gasteiger partial charge on any atom is -0.429 e. The van der Waals surface area contributed by atoms with E-state index in [0.29, 0.717) is 5.75 Å². The third-order valence-electron chi connectivity index (χ3n) is 2.49. The summed E-state index contributed by atoms with van der Waals surface area (Å²) in [5, 5.41) is 0. The summed E-state index contributed by atoms with van der Waals surface area (Å²) in [5.41, 5.74) is 1.83. The van der Waals surface area contributed by atoms with Crippen LogP contribution in [0.4, 0.5) is 4.79 Å². The Balaban J connectivity index is 1.88. The third-order valence-corrected chi connectivity index (χ3v) is 2.49. The van der Waals surface area contributed by atoms with Crippen molar-refractivity contribution in [2.45, 2.75) is 13.5 Å². The first-order valence-electron chi connectivity index (χ1n) is 5.70. The Hall–Kier alpha value is -2.29. The highest BCUT2D eigenvalue weighted by Gasteiger charge is 2.07. The average Bonchev–Trinajstić information content (AvgIpc) is 2.40. The van der Waals surface area contributed by atoms with Crippen molar-refractivity contribution in [3.8, 4) is 5.75 Å². The molecule has 0 spiro atoms. The summed E-state index contributed by atoms with van der Waals surface area (Å²) in [5.74, 6) is 0.524. The Kier molecular flexibility index (Phi) is 3.97. The van der Waals surface area contributed by atoms with Crippen molar-refractivity contribution in [1.29, 1.82) is 0 Å². The predicted octanol–water partition coefficient (Wildman–Crippen LogP) is 3.71. The van der Waals surface area contributed by atoms with Gasteiger partial charge < -0.3 is 9.47 Å². The van der Waals surface area contributed by atoms with Crippen molar-refractivity contribution in [3.05, 3.63) is 65.7 Å². The summed E-state index contributed by atoms with van der Waals surface area (Å²) < 4.78 is 10.1. The zero-order valence-corrected chi connectivity index (χ0v) is 10.1. The molecule has 0 heterocycles. The van der Waals surface area contributed by atoms with E-state index in [1.54, 1.807) is 6.07 Å². The Bertz CT molecular complexity index is 520. The number of rotatable bonds is 3. The second-order valence-corrected chi connectivity index (χ2v) is 3.89. The fourth-order valence-electron chi connectivity index (χ4n) is 1.51. The van der Waals surface area contributed by atoms with Crippen molar-refractivity contribution >= 4 is 6.16 Å². The number of ether oxygens (including phenoxy) is 2. The zero-order valence-electron chi connectivity index (χ0n) is 10.1. The molecule has 92 valence electrons. The van der Waals surface area contributed by atoms with Gasteiger partial charge >= 0.3 is 6.16 Å². The molecule has 0 aliphatic heterocycles. The molecule has 0 unspecified atom stereocenters. The van der Waals surface area contributed by atoms with Gasteiger partial charge in [-0.05, 0) is 24.1 Å². The largest absolute Gasteiger partial charge is 0.514 e. The van der Waals surface area contributed by atoms with Crippen LogP contribution >= 0.6 is 0 Å². The maximum Gasteiger partial charge on any atom is 0.514 e. The van der Waals surface area contributed by atoms with E-state index in [1.807, 2.05) is 55.5 Å². The number of aryl methyl sites for hydroxylation is 1. The molecule has 3 heteroatoms. The molecule has 3 nitrogen and oxygen atoms in total. The van der Waals surface area contributed by atoms with Crippen LogP contribution in [0.2, 0.25) is 0 Å². The van der Waals surface area contributed by atoms with Gasteiger partial charge in [-0.1, -0.05) is 48.5 Å². The fourth-order valence-corrected chi connectivity index (χ4v) is 1.51. The second kappa shape index (κ2) is 5.87. The van der Waals surface area contributed by atoms with Crippen molar-refractivity contribution in [3.63, 3.8) is 0 Å². The Morgan fingerprint density at radius 3 is 2.39 bits per heavy atom. The molecule has 0 fully saturated rings. The van der Waals surface area contributed by atoms with Gasteiger partial charge in [-0.25, -0.2) is 4.79 Å². The normalized spacial score (nSPS) is 9.83. The van der Waals surface area contributed by atoms with Gasteiger partial charge in [0.05, 0.1) is 0 Å². The number of para-hydroxylation sites is 1. The van der Waals surface area contributed by atoms with Gasteiger partial charge in [0.1, 0.15) is 12.4 Å². The number of carbonyl (C=O) groups is 1. The number of carbonyl (C=O) groups excluding carboxylic acids is 1. The van der Waals surface area contributed by atoms with Gasteiger partial charge in [0.25, 0.3) is 0 Å². The highest BCUT2D eigenvalue weighted by atomic mass is 16.7. The molecule has 0 N–H and O–H groups in total. The van der Waals surface area contributed by atoms with Crippen LogP contribution in [0.1, 0.15) is 11.1 Å². The average molecular weight is 242 g/mol. The summed E-state index contributed by atoms with van der Waals surface area (Å²) in [7, 11) is 0. The van der Waals surface area contributed by atoms with E-state index >= 15 is 0 Å². The first kappa shape index (κ1) is 12.2. The summed E-state index contributed by atoms with van der Waals surface area (Å²) in [6, 6.07) is 16.8. The van der Waals surface area contributed by atoms with Crippen LogP contribution in [0, 0.1) is 6.92 Å². The molecule has 2 aromatic rings. The Labute approximate surface area is 106 Å². The van der Waals surface area contributed by atoms with E-state index in [-0.39, 0.29) is 6.61 Å². The third kappa shape index (κ3) is 3.35. The van der Waals surface area contributed by atoms with Crippen molar-refractivity contribution in [2.75, 3.05) is 0 Å². The fraction of sp³-hybridized carbons (Fsp3) is 0.133. The van der Waals surface area contributed by atoms with E-state index in [4.69, 9.17) is 9.47 Å². The summed E-state index contributed by atoms with van der Waals surface area (Å²) in [4.78, 5) is 11.5. The minimum absolute atomic E-state index is 0.214. The first-order valence-corrected chi connectivity index (χ1v) is 5.70. The van der Waals surface area contributed by atoms with Crippen LogP contribution in [0.15, 0.2) is 54.6 Å². The topological polar surface area (TPSA) is 35.5 Å². The maximum atomic E-state index is 11.5. The number of hydrogen-bond donors (Lipinski definition) is 0. The number of hydrogen-bond acceptors (Lipinski definition) is 3. The van der Waals surface area contributed by atoms with Crippen molar-refractivity contribution in [2.24, 2.45) is 0 Å². The molecule has 0 saturated carbocycles. The van der Waals surface area contributed by atoms with Gasteiger partial charge in [-0.3, -0.25) is 0 Å². The highest BCUT2D eigenvalue weighted by Crippen LogP contribution is 2.16. The molecule has 0 aromatic heterocycles. The summed E-state index contributed by atoms with van der Waals surface area (Å²) in [6.45, 7) is 2.09. The lowest BCUT2D eigenvalue weighted by Crippen LogP contribution is -2.11. The van der Waals surface area contributed by atoms with E-state index in [0.717, 1.165) is 11.1 Å². The quantitative estimate of drug-likeness (QED) is 0.608. The summed E-state index contributed by atoms with van der Waals surface area (Å²) in [6.07, 6.45) is -0.687. The van der Waals surface area contributed by atoms with Gasteiger partial charge in [0.15, 0.2) is 0 Å². The maximum absolute atomic E-state index is 11.5. The van der Waals surface area contributed by atoms with E-state index < -0.39 is 6.16 Å².